The summed E-state index contributed by atoms with van der Waals surface area (Å²) in [5.74, 6) is -1.74. The molecule has 0 N–H and O–H groups in total. The molecule has 1 aliphatic rings. The van der Waals surface area contributed by atoms with Gasteiger partial charge in [-0.05, 0) is 25.8 Å². The zero-order valence-electron chi connectivity index (χ0n) is 17.7. The molecule has 0 aliphatic carbocycles. The van der Waals surface area contributed by atoms with Gasteiger partial charge in [-0.1, -0.05) is 13.2 Å². The van der Waals surface area contributed by atoms with Gasteiger partial charge in [0.15, 0.2) is 6.10 Å². The molecule has 1 fully saturated rings. The SMILES string of the molecule is C=CN=C(C=C)CCN(C)C(=O)OCOC(=O)[C@H]1CCCN1C(=O)[C@@H](C)OC(C)=O. The van der Waals surface area contributed by atoms with Crippen molar-refractivity contribution in [2.75, 3.05) is 26.9 Å². The molecule has 0 aromatic carbocycles. The minimum atomic E-state index is -0.993. The van der Waals surface area contributed by atoms with E-state index in [0.29, 0.717) is 38.1 Å². The highest BCUT2D eigenvalue weighted by Gasteiger charge is 2.38. The number of aliphatic imine (C=N–C) groups is 1. The van der Waals surface area contributed by atoms with Gasteiger partial charge in [0.25, 0.3) is 5.91 Å². The largest absolute Gasteiger partial charge is 0.453 e. The van der Waals surface area contributed by atoms with Crippen LogP contribution in [0, 0.1) is 0 Å². The van der Waals surface area contributed by atoms with Crippen LogP contribution in [-0.2, 0) is 28.6 Å². The third-order valence-electron chi connectivity index (χ3n) is 4.39. The molecule has 30 heavy (non-hydrogen) atoms. The molecule has 166 valence electrons. The van der Waals surface area contributed by atoms with Gasteiger partial charge in [0.2, 0.25) is 6.79 Å². The molecule has 0 spiro atoms. The van der Waals surface area contributed by atoms with E-state index in [1.807, 2.05) is 0 Å². The second kappa shape index (κ2) is 12.4. The molecule has 1 aliphatic heterocycles. The standard InChI is InChI=1S/C20H29N3O7/c1-6-16(21-7-2)10-12-22(5)20(27)29-13-28-19(26)17-9-8-11-23(17)18(25)14(3)30-15(4)24/h6-7,14,17H,1-2,8-13H2,3-5H3/t14-,17-/m1/s1. The van der Waals surface area contributed by atoms with Crippen molar-refractivity contribution < 1.29 is 33.4 Å². The third kappa shape index (κ3) is 7.69. The van der Waals surface area contributed by atoms with Crippen molar-refractivity contribution in [2.45, 2.75) is 45.3 Å². The van der Waals surface area contributed by atoms with Crippen LogP contribution in [0.25, 0.3) is 0 Å². The Morgan fingerprint density at radius 2 is 1.97 bits per heavy atom. The Hall–Kier alpha value is -3.17. The van der Waals surface area contributed by atoms with Gasteiger partial charge < -0.3 is 24.0 Å². The van der Waals surface area contributed by atoms with E-state index < -0.39 is 42.9 Å². The quantitative estimate of drug-likeness (QED) is 0.298. The maximum atomic E-state index is 12.4. The molecule has 10 nitrogen and oxygen atoms in total. The van der Waals surface area contributed by atoms with Crippen LogP contribution in [0.2, 0.25) is 0 Å². The Kier molecular flexibility index (Phi) is 10.3. The number of hydrogen-bond acceptors (Lipinski definition) is 8. The lowest BCUT2D eigenvalue weighted by Gasteiger charge is -2.25. The summed E-state index contributed by atoms with van der Waals surface area (Å²) < 4.78 is 14.8. The van der Waals surface area contributed by atoms with Gasteiger partial charge in [0.1, 0.15) is 6.04 Å². The first-order valence-corrected chi connectivity index (χ1v) is 9.53. The fraction of sp³-hybridized carbons (Fsp3) is 0.550. The number of ether oxygens (including phenoxy) is 3. The van der Waals surface area contributed by atoms with Crippen molar-refractivity contribution >= 4 is 29.7 Å². The van der Waals surface area contributed by atoms with Crippen molar-refractivity contribution in [1.29, 1.82) is 0 Å². The van der Waals surface area contributed by atoms with Gasteiger partial charge in [-0.15, -0.1) is 0 Å². The summed E-state index contributed by atoms with van der Waals surface area (Å²) in [4.78, 5) is 54.4. The molecule has 1 rings (SSSR count). The van der Waals surface area contributed by atoms with Gasteiger partial charge in [-0.2, -0.15) is 0 Å². The van der Waals surface area contributed by atoms with E-state index in [2.05, 4.69) is 18.2 Å². The van der Waals surface area contributed by atoms with Crippen LogP contribution in [0.15, 0.2) is 30.4 Å². The number of hydrogen-bond donors (Lipinski definition) is 0. The van der Waals surface area contributed by atoms with Gasteiger partial charge in [0.05, 0.1) is 0 Å². The summed E-state index contributed by atoms with van der Waals surface area (Å²) in [5, 5.41) is 0. The number of esters is 2. The first kappa shape index (κ1) is 24.9. The van der Waals surface area contributed by atoms with Gasteiger partial charge in [-0.25, -0.2) is 9.59 Å². The van der Waals surface area contributed by atoms with Crippen molar-refractivity contribution in [3.05, 3.63) is 25.4 Å². The molecule has 0 radical (unpaired) electrons. The lowest BCUT2D eigenvalue weighted by molar-refractivity contribution is -0.165. The third-order valence-corrected chi connectivity index (χ3v) is 4.39. The van der Waals surface area contributed by atoms with E-state index in [1.165, 1.54) is 36.9 Å². The van der Waals surface area contributed by atoms with E-state index in [1.54, 1.807) is 6.08 Å². The van der Waals surface area contributed by atoms with Crippen LogP contribution >= 0.6 is 0 Å². The average molecular weight is 423 g/mol. The first-order valence-electron chi connectivity index (χ1n) is 9.53. The summed E-state index contributed by atoms with van der Waals surface area (Å²) in [6, 6.07) is -0.808. The lowest BCUT2D eigenvalue weighted by atomic mass is 10.2. The van der Waals surface area contributed by atoms with Gasteiger partial charge in [-0.3, -0.25) is 14.6 Å². The predicted molar refractivity (Wildman–Crippen MR) is 108 cm³/mol. The Labute approximate surface area is 176 Å². The molecular formula is C20H29N3O7. The van der Waals surface area contributed by atoms with E-state index in [4.69, 9.17) is 14.2 Å². The molecule has 2 amide bonds. The molecular weight excluding hydrogens is 394 g/mol. The topological polar surface area (TPSA) is 115 Å². The zero-order chi connectivity index (χ0) is 22.7. The number of nitrogens with zero attached hydrogens (tertiary/aromatic N) is 3. The van der Waals surface area contributed by atoms with E-state index in [-0.39, 0.29) is 0 Å². The second-order valence-electron chi connectivity index (χ2n) is 6.61. The smallest absolute Gasteiger partial charge is 0.412 e. The maximum absolute atomic E-state index is 12.4. The van der Waals surface area contributed by atoms with Crippen molar-refractivity contribution in [3.63, 3.8) is 0 Å². The number of carbonyl (C=O) groups is 4. The average Bonchev–Trinajstić information content (AvgIpc) is 3.19. The van der Waals surface area contributed by atoms with Crippen LogP contribution < -0.4 is 0 Å². The summed E-state index contributed by atoms with van der Waals surface area (Å²) >= 11 is 0. The molecule has 10 heteroatoms. The van der Waals surface area contributed by atoms with Crippen LogP contribution in [0.4, 0.5) is 4.79 Å². The lowest BCUT2D eigenvalue weighted by Crippen LogP contribution is -2.46. The fourth-order valence-electron chi connectivity index (χ4n) is 2.86. The fourth-order valence-corrected chi connectivity index (χ4v) is 2.86. The van der Waals surface area contributed by atoms with Crippen molar-refractivity contribution in [3.8, 4) is 0 Å². The molecule has 2 atom stereocenters. The van der Waals surface area contributed by atoms with Gasteiger partial charge in [0, 0.05) is 45.4 Å². The van der Waals surface area contributed by atoms with Crippen LogP contribution in [-0.4, -0.2) is 78.5 Å². The number of likely N-dealkylation sites (tertiary alicyclic amines) is 1. The minimum Gasteiger partial charge on any atom is -0.453 e. The molecule has 1 heterocycles. The number of allylic oxidation sites excluding steroid dienone is 1. The Morgan fingerprint density at radius 1 is 1.27 bits per heavy atom. The molecule has 0 saturated carbocycles. The summed E-state index contributed by atoms with van der Waals surface area (Å²) in [5.41, 5.74) is 0.671. The molecule has 0 unspecified atom stereocenters. The molecule has 0 aromatic heterocycles. The highest BCUT2D eigenvalue weighted by atomic mass is 16.7. The normalized spacial score (nSPS) is 17.0. The summed E-state index contributed by atoms with van der Waals surface area (Å²) in [7, 11) is 1.53. The van der Waals surface area contributed by atoms with Crippen LogP contribution in [0.5, 0.6) is 0 Å². The highest BCUT2D eigenvalue weighted by molar-refractivity contribution is 5.95. The van der Waals surface area contributed by atoms with E-state index in [0.717, 1.165) is 0 Å². The zero-order valence-corrected chi connectivity index (χ0v) is 17.7. The molecule has 1 saturated heterocycles. The van der Waals surface area contributed by atoms with Crippen molar-refractivity contribution in [1.82, 2.24) is 9.80 Å². The Balaban J connectivity index is 2.47. The van der Waals surface area contributed by atoms with Gasteiger partial charge >= 0.3 is 18.0 Å². The monoisotopic (exact) mass is 423 g/mol. The predicted octanol–water partition coefficient (Wildman–Crippen LogP) is 1.66. The van der Waals surface area contributed by atoms with Crippen LogP contribution in [0.1, 0.15) is 33.1 Å². The minimum absolute atomic E-state index is 0.324. The molecule has 0 aromatic rings. The van der Waals surface area contributed by atoms with E-state index >= 15 is 0 Å². The molecule has 0 bridgehead atoms. The maximum Gasteiger partial charge on any atom is 0.412 e. The number of carbonyl (C=O) groups excluding carboxylic acids is 4. The Bertz CT molecular complexity index is 705. The Morgan fingerprint density at radius 3 is 2.57 bits per heavy atom. The summed E-state index contributed by atoms with van der Waals surface area (Å²) in [6.45, 7) is 9.88. The van der Waals surface area contributed by atoms with Crippen molar-refractivity contribution in [2.24, 2.45) is 4.99 Å². The van der Waals surface area contributed by atoms with Crippen LogP contribution in [0.3, 0.4) is 0 Å². The van der Waals surface area contributed by atoms with E-state index in [9.17, 15) is 19.2 Å². The second-order valence-corrected chi connectivity index (χ2v) is 6.61. The number of rotatable bonds is 10. The first-order chi connectivity index (χ1) is 14.2. The highest BCUT2D eigenvalue weighted by Crippen LogP contribution is 2.20. The number of amides is 2. The summed E-state index contributed by atoms with van der Waals surface area (Å²) in [6.07, 6.45) is 2.77.